The molecule has 0 fully saturated rings. The number of allylic oxidation sites excluding steroid dienone is 2. The first-order valence-corrected chi connectivity index (χ1v) is 7.05. The molecule has 1 amide bonds. The molecule has 2 rings (SSSR count). The van der Waals surface area contributed by atoms with E-state index in [1.165, 1.54) is 12.1 Å². The number of rotatable bonds is 4. The van der Waals surface area contributed by atoms with Gasteiger partial charge in [-0.25, -0.2) is 0 Å². The molecule has 0 spiro atoms. The highest BCUT2D eigenvalue weighted by Gasteiger charge is 2.29. The van der Waals surface area contributed by atoms with Gasteiger partial charge < -0.3 is 5.32 Å². The Kier molecular flexibility index (Phi) is 5.04. The van der Waals surface area contributed by atoms with E-state index >= 15 is 0 Å². The minimum Gasteiger partial charge on any atom is -0.356 e. The summed E-state index contributed by atoms with van der Waals surface area (Å²) in [5.41, 5.74) is 0.135. The summed E-state index contributed by atoms with van der Waals surface area (Å²) >= 11 is 0. The van der Waals surface area contributed by atoms with Crippen LogP contribution in [-0.4, -0.2) is 12.5 Å². The number of carbonyl (C=O) groups excluding carboxylic acids is 1. The first-order chi connectivity index (χ1) is 9.97. The van der Waals surface area contributed by atoms with Crippen molar-refractivity contribution in [1.29, 1.82) is 0 Å². The summed E-state index contributed by atoms with van der Waals surface area (Å²) in [4.78, 5) is 11.9. The monoisotopic (exact) mass is 297 g/mol. The number of hydrogen-bond acceptors (Lipinski definition) is 1. The Morgan fingerprint density at radius 2 is 1.90 bits per heavy atom. The third-order valence-corrected chi connectivity index (χ3v) is 3.63. The van der Waals surface area contributed by atoms with Crippen LogP contribution in [0.1, 0.15) is 30.4 Å². The Morgan fingerprint density at radius 1 is 1.19 bits per heavy atom. The van der Waals surface area contributed by atoms with Crippen LogP contribution in [0.25, 0.3) is 0 Å². The van der Waals surface area contributed by atoms with Crippen molar-refractivity contribution in [2.24, 2.45) is 5.92 Å². The quantitative estimate of drug-likeness (QED) is 0.843. The molecule has 1 aromatic rings. The summed E-state index contributed by atoms with van der Waals surface area (Å²) in [5, 5.41) is 2.85. The zero-order valence-corrected chi connectivity index (χ0v) is 11.6. The van der Waals surface area contributed by atoms with Crippen LogP contribution in [0.15, 0.2) is 36.4 Å². The summed E-state index contributed by atoms with van der Waals surface area (Å²) in [7, 11) is 0. The molecule has 5 heteroatoms. The van der Waals surface area contributed by atoms with E-state index in [0.29, 0.717) is 13.0 Å². The van der Waals surface area contributed by atoms with E-state index in [0.717, 1.165) is 37.0 Å². The zero-order valence-electron chi connectivity index (χ0n) is 11.6. The van der Waals surface area contributed by atoms with Crippen LogP contribution in [0.4, 0.5) is 13.2 Å². The van der Waals surface area contributed by atoms with Crippen LogP contribution in [0.2, 0.25) is 0 Å². The van der Waals surface area contributed by atoms with Gasteiger partial charge in [0.2, 0.25) is 5.91 Å². The van der Waals surface area contributed by atoms with E-state index in [2.05, 4.69) is 11.4 Å². The molecule has 2 nitrogen and oxygen atoms in total. The van der Waals surface area contributed by atoms with Gasteiger partial charge in [-0.3, -0.25) is 4.79 Å². The van der Waals surface area contributed by atoms with Crippen molar-refractivity contribution in [3.8, 4) is 0 Å². The molecule has 0 radical (unpaired) electrons. The molecule has 0 saturated heterocycles. The van der Waals surface area contributed by atoms with Crippen LogP contribution in [0, 0.1) is 5.92 Å². The van der Waals surface area contributed by atoms with Crippen LogP contribution in [0.3, 0.4) is 0 Å². The van der Waals surface area contributed by atoms with Crippen molar-refractivity contribution in [1.82, 2.24) is 5.32 Å². The average molecular weight is 297 g/mol. The van der Waals surface area contributed by atoms with Crippen molar-refractivity contribution in [3.05, 3.63) is 47.5 Å². The van der Waals surface area contributed by atoms with Crippen LogP contribution in [-0.2, 0) is 17.4 Å². The maximum atomic E-state index is 12.4. The largest absolute Gasteiger partial charge is 0.416 e. The number of nitrogens with one attached hydrogen (secondary N) is 1. The van der Waals surface area contributed by atoms with Gasteiger partial charge >= 0.3 is 6.18 Å². The average Bonchev–Trinajstić information content (AvgIpc) is 2.47. The second kappa shape index (κ2) is 6.78. The van der Waals surface area contributed by atoms with E-state index in [9.17, 15) is 18.0 Å². The maximum Gasteiger partial charge on any atom is 0.416 e. The SMILES string of the molecule is O=C(NCCc1ccc(C(F)(F)F)cc1)[C@H]1CC=CCC1. The summed E-state index contributed by atoms with van der Waals surface area (Å²) in [5.74, 6) is 0.0638. The van der Waals surface area contributed by atoms with Crippen LogP contribution in [0.5, 0.6) is 0 Å². The van der Waals surface area contributed by atoms with Crippen LogP contribution < -0.4 is 5.32 Å². The number of halogens is 3. The fraction of sp³-hybridized carbons (Fsp3) is 0.438. The molecular weight excluding hydrogens is 279 g/mol. The van der Waals surface area contributed by atoms with Crippen molar-refractivity contribution >= 4 is 5.91 Å². The van der Waals surface area contributed by atoms with Gasteiger partial charge in [0.25, 0.3) is 0 Å². The summed E-state index contributed by atoms with van der Waals surface area (Å²) < 4.78 is 37.3. The lowest BCUT2D eigenvalue weighted by molar-refractivity contribution is -0.137. The minimum absolute atomic E-state index is 0.0302. The third kappa shape index (κ3) is 4.62. The number of benzene rings is 1. The molecule has 1 aliphatic rings. The molecule has 0 unspecified atom stereocenters. The topological polar surface area (TPSA) is 29.1 Å². The van der Waals surface area contributed by atoms with E-state index in [1.54, 1.807) is 0 Å². The predicted octanol–water partition coefficient (Wildman–Crippen LogP) is 3.72. The molecule has 114 valence electrons. The van der Waals surface area contributed by atoms with Crippen molar-refractivity contribution in [2.45, 2.75) is 31.9 Å². The molecule has 1 aliphatic carbocycles. The van der Waals surface area contributed by atoms with Gasteiger partial charge in [0, 0.05) is 12.5 Å². The molecule has 21 heavy (non-hydrogen) atoms. The van der Waals surface area contributed by atoms with Gasteiger partial charge in [-0.1, -0.05) is 24.3 Å². The molecule has 1 atom stereocenters. The van der Waals surface area contributed by atoms with Gasteiger partial charge in [-0.15, -0.1) is 0 Å². The van der Waals surface area contributed by atoms with Gasteiger partial charge in [-0.2, -0.15) is 13.2 Å². The summed E-state index contributed by atoms with van der Waals surface area (Å²) in [6, 6.07) is 5.06. The smallest absolute Gasteiger partial charge is 0.356 e. The highest BCUT2D eigenvalue weighted by molar-refractivity contribution is 5.78. The maximum absolute atomic E-state index is 12.4. The summed E-state index contributed by atoms with van der Waals surface area (Å²) in [6.45, 7) is 0.449. The molecule has 0 bridgehead atoms. The Bertz CT molecular complexity index is 505. The first-order valence-electron chi connectivity index (χ1n) is 7.05. The van der Waals surface area contributed by atoms with Gasteiger partial charge in [0.1, 0.15) is 0 Å². The van der Waals surface area contributed by atoms with E-state index < -0.39 is 11.7 Å². The highest BCUT2D eigenvalue weighted by Crippen LogP contribution is 2.29. The lowest BCUT2D eigenvalue weighted by atomic mass is 9.93. The van der Waals surface area contributed by atoms with Gasteiger partial charge in [0.15, 0.2) is 0 Å². The van der Waals surface area contributed by atoms with E-state index in [-0.39, 0.29) is 11.8 Å². The molecule has 0 aromatic heterocycles. The van der Waals surface area contributed by atoms with Crippen LogP contribution >= 0.6 is 0 Å². The molecule has 0 saturated carbocycles. The minimum atomic E-state index is -4.30. The van der Waals surface area contributed by atoms with Crippen molar-refractivity contribution in [3.63, 3.8) is 0 Å². The van der Waals surface area contributed by atoms with Gasteiger partial charge in [0.05, 0.1) is 5.56 Å². The number of carbonyl (C=O) groups is 1. The Balaban J connectivity index is 1.78. The van der Waals surface area contributed by atoms with Gasteiger partial charge in [-0.05, 0) is 43.4 Å². The fourth-order valence-corrected chi connectivity index (χ4v) is 2.37. The molecule has 1 N–H and O–H groups in total. The summed E-state index contributed by atoms with van der Waals surface area (Å²) in [6.07, 6.45) is 2.88. The first kappa shape index (κ1) is 15.6. The van der Waals surface area contributed by atoms with E-state index in [1.807, 2.05) is 6.08 Å². The van der Waals surface area contributed by atoms with Crippen molar-refractivity contribution in [2.75, 3.05) is 6.54 Å². The third-order valence-electron chi connectivity index (χ3n) is 3.63. The molecule has 0 heterocycles. The standard InChI is InChI=1S/C16H18F3NO/c17-16(18,19)14-8-6-12(7-9-14)10-11-20-15(21)13-4-2-1-3-5-13/h1-2,6-9,13H,3-5,10-11H2,(H,20,21)/t13-/m0/s1. The molecular formula is C16H18F3NO. The number of amides is 1. The zero-order chi connectivity index (χ0) is 15.3. The second-order valence-corrected chi connectivity index (χ2v) is 5.22. The number of alkyl halides is 3. The lowest BCUT2D eigenvalue weighted by Gasteiger charge is -2.17. The Labute approximate surface area is 122 Å². The Hall–Kier alpha value is -1.78. The molecule has 0 aliphatic heterocycles. The molecule has 1 aromatic carbocycles. The van der Waals surface area contributed by atoms with Crippen molar-refractivity contribution < 1.29 is 18.0 Å². The normalized spacial score (nSPS) is 18.5. The van der Waals surface area contributed by atoms with E-state index in [4.69, 9.17) is 0 Å². The lowest BCUT2D eigenvalue weighted by Crippen LogP contribution is -2.32. The fourth-order valence-electron chi connectivity index (χ4n) is 2.37. The second-order valence-electron chi connectivity index (χ2n) is 5.22. The highest BCUT2D eigenvalue weighted by atomic mass is 19.4. The Morgan fingerprint density at radius 3 is 2.48 bits per heavy atom. The predicted molar refractivity (Wildman–Crippen MR) is 74.6 cm³/mol. The number of hydrogen-bond donors (Lipinski definition) is 1.